The van der Waals surface area contributed by atoms with Gasteiger partial charge in [0.15, 0.2) is 0 Å². The third-order valence-electron chi connectivity index (χ3n) is 5.26. The Hall–Kier alpha value is -4.03. The number of rotatable bonds is 4. The standard InChI is InChI=1S/C25H17N5S/c1-2-6-19(18(5-1)24-29-21-7-3-4-8-22(21)30-24)28-20-11-12-26-23-15-16(9-10-17(20)23)25-27-13-14-31-25/h1-15H,(H,26,28)(H,29,30). The number of H-pyrrole nitrogens is 1. The van der Waals surface area contributed by atoms with Crippen molar-refractivity contribution in [2.75, 3.05) is 5.32 Å². The Morgan fingerprint density at radius 2 is 1.68 bits per heavy atom. The van der Waals surface area contributed by atoms with E-state index in [2.05, 4.69) is 50.6 Å². The number of imidazole rings is 1. The highest BCUT2D eigenvalue weighted by Crippen LogP contribution is 2.33. The number of para-hydroxylation sites is 3. The molecule has 0 radical (unpaired) electrons. The number of fused-ring (bicyclic) bond motifs is 2. The van der Waals surface area contributed by atoms with E-state index in [0.717, 1.165) is 55.3 Å². The van der Waals surface area contributed by atoms with Crippen LogP contribution in [0.15, 0.2) is 90.6 Å². The first-order chi connectivity index (χ1) is 15.3. The summed E-state index contributed by atoms with van der Waals surface area (Å²) in [5, 5.41) is 7.64. The zero-order valence-electron chi connectivity index (χ0n) is 16.4. The lowest BCUT2D eigenvalue weighted by atomic mass is 10.1. The fourth-order valence-electron chi connectivity index (χ4n) is 3.78. The molecule has 0 bridgehead atoms. The molecular formula is C25H17N5S. The van der Waals surface area contributed by atoms with Crippen molar-refractivity contribution in [3.63, 3.8) is 0 Å². The number of pyridine rings is 1. The van der Waals surface area contributed by atoms with Crippen LogP contribution in [-0.4, -0.2) is 19.9 Å². The fourth-order valence-corrected chi connectivity index (χ4v) is 4.42. The van der Waals surface area contributed by atoms with Crippen molar-refractivity contribution < 1.29 is 0 Å². The van der Waals surface area contributed by atoms with Gasteiger partial charge in [-0.1, -0.05) is 36.4 Å². The molecule has 0 spiro atoms. The summed E-state index contributed by atoms with van der Waals surface area (Å²) in [6.07, 6.45) is 3.66. The predicted octanol–water partition coefficient (Wildman–Crippen LogP) is 6.65. The van der Waals surface area contributed by atoms with Crippen molar-refractivity contribution in [3.8, 4) is 22.0 Å². The average Bonchev–Trinajstić information content (AvgIpc) is 3.49. The molecule has 2 N–H and O–H groups in total. The summed E-state index contributed by atoms with van der Waals surface area (Å²) in [7, 11) is 0. The summed E-state index contributed by atoms with van der Waals surface area (Å²) in [4.78, 5) is 17.2. The van der Waals surface area contributed by atoms with Crippen molar-refractivity contribution in [1.29, 1.82) is 0 Å². The third kappa shape index (κ3) is 3.23. The van der Waals surface area contributed by atoms with Gasteiger partial charge in [-0.15, -0.1) is 11.3 Å². The number of hydrogen-bond donors (Lipinski definition) is 2. The number of nitrogens with zero attached hydrogens (tertiary/aromatic N) is 3. The molecule has 5 nitrogen and oxygen atoms in total. The van der Waals surface area contributed by atoms with Gasteiger partial charge < -0.3 is 10.3 Å². The largest absolute Gasteiger partial charge is 0.354 e. The molecule has 0 atom stereocenters. The Morgan fingerprint density at radius 1 is 0.774 bits per heavy atom. The van der Waals surface area contributed by atoms with Gasteiger partial charge in [-0.2, -0.15) is 0 Å². The van der Waals surface area contributed by atoms with E-state index in [0.29, 0.717) is 0 Å². The number of aromatic amines is 1. The van der Waals surface area contributed by atoms with Crippen LogP contribution < -0.4 is 5.32 Å². The molecule has 6 aromatic rings. The smallest absolute Gasteiger partial charge is 0.140 e. The fraction of sp³-hybridized carbons (Fsp3) is 0. The Morgan fingerprint density at radius 3 is 2.58 bits per heavy atom. The first kappa shape index (κ1) is 17.8. The molecule has 0 saturated heterocycles. The molecule has 0 aliphatic carbocycles. The van der Waals surface area contributed by atoms with Crippen LogP contribution in [0, 0.1) is 0 Å². The van der Waals surface area contributed by atoms with Crippen molar-refractivity contribution >= 4 is 44.6 Å². The molecule has 0 unspecified atom stereocenters. The van der Waals surface area contributed by atoms with Gasteiger partial charge in [0.05, 0.1) is 16.6 Å². The minimum absolute atomic E-state index is 0.841. The van der Waals surface area contributed by atoms with Gasteiger partial charge in [0, 0.05) is 45.7 Å². The van der Waals surface area contributed by atoms with Gasteiger partial charge in [-0.05, 0) is 36.4 Å². The number of thiazole rings is 1. The second-order valence-corrected chi connectivity index (χ2v) is 8.10. The van der Waals surface area contributed by atoms with Crippen LogP contribution in [0.25, 0.3) is 43.9 Å². The van der Waals surface area contributed by atoms with Crippen LogP contribution in [0.3, 0.4) is 0 Å². The molecule has 0 saturated carbocycles. The first-order valence-corrected chi connectivity index (χ1v) is 10.8. The first-order valence-electron chi connectivity index (χ1n) is 9.95. The Kier molecular flexibility index (Phi) is 4.21. The second kappa shape index (κ2) is 7.34. The highest BCUT2D eigenvalue weighted by molar-refractivity contribution is 7.13. The molecule has 148 valence electrons. The summed E-state index contributed by atoms with van der Waals surface area (Å²) < 4.78 is 0. The molecule has 31 heavy (non-hydrogen) atoms. The molecule has 0 aliphatic heterocycles. The predicted molar refractivity (Wildman–Crippen MR) is 128 cm³/mol. The summed E-state index contributed by atoms with van der Waals surface area (Å²) in [5.74, 6) is 0.841. The highest BCUT2D eigenvalue weighted by Gasteiger charge is 2.12. The van der Waals surface area contributed by atoms with E-state index in [1.165, 1.54) is 0 Å². The molecule has 6 heteroatoms. The maximum absolute atomic E-state index is 4.77. The van der Waals surface area contributed by atoms with Crippen LogP contribution in [-0.2, 0) is 0 Å². The molecular weight excluding hydrogens is 402 g/mol. The van der Waals surface area contributed by atoms with E-state index in [4.69, 9.17) is 4.98 Å². The summed E-state index contributed by atoms with van der Waals surface area (Å²) >= 11 is 1.63. The van der Waals surface area contributed by atoms with Gasteiger partial charge in [0.1, 0.15) is 10.8 Å². The number of anilines is 2. The molecule has 3 aromatic heterocycles. The summed E-state index contributed by atoms with van der Waals surface area (Å²) in [6.45, 7) is 0. The minimum atomic E-state index is 0.841. The van der Waals surface area contributed by atoms with Gasteiger partial charge in [-0.25, -0.2) is 9.97 Å². The molecule has 3 heterocycles. The Balaban J connectivity index is 1.42. The summed E-state index contributed by atoms with van der Waals surface area (Å²) in [6, 6.07) is 24.5. The van der Waals surface area contributed by atoms with Crippen LogP contribution in [0.1, 0.15) is 0 Å². The van der Waals surface area contributed by atoms with E-state index in [9.17, 15) is 0 Å². The van der Waals surface area contributed by atoms with Gasteiger partial charge >= 0.3 is 0 Å². The van der Waals surface area contributed by atoms with Gasteiger partial charge in [0.25, 0.3) is 0 Å². The average molecular weight is 420 g/mol. The quantitative estimate of drug-likeness (QED) is 0.336. The molecule has 0 amide bonds. The number of aromatic nitrogens is 4. The molecule has 3 aromatic carbocycles. The maximum Gasteiger partial charge on any atom is 0.140 e. The van der Waals surface area contributed by atoms with E-state index in [-0.39, 0.29) is 0 Å². The van der Waals surface area contributed by atoms with Gasteiger partial charge in [-0.3, -0.25) is 4.98 Å². The van der Waals surface area contributed by atoms with E-state index in [1.54, 1.807) is 11.3 Å². The molecule has 0 aliphatic rings. The van der Waals surface area contributed by atoms with E-state index < -0.39 is 0 Å². The normalized spacial score (nSPS) is 11.2. The van der Waals surface area contributed by atoms with Crippen molar-refractivity contribution in [3.05, 3.63) is 90.6 Å². The zero-order valence-corrected chi connectivity index (χ0v) is 17.2. The van der Waals surface area contributed by atoms with Crippen LogP contribution in [0.5, 0.6) is 0 Å². The Bertz CT molecular complexity index is 1490. The highest BCUT2D eigenvalue weighted by atomic mass is 32.1. The lowest BCUT2D eigenvalue weighted by molar-refractivity contribution is 1.33. The number of nitrogens with one attached hydrogen (secondary N) is 2. The third-order valence-corrected chi connectivity index (χ3v) is 6.09. The van der Waals surface area contributed by atoms with E-state index >= 15 is 0 Å². The van der Waals surface area contributed by atoms with Crippen LogP contribution in [0.2, 0.25) is 0 Å². The van der Waals surface area contributed by atoms with Gasteiger partial charge in [0.2, 0.25) is 0 Å². The lowest BCUT2D eigenvalue weighted by Crippen LogP contribution is -1.96. The topological polar surface area (TPSA) is 66.5 Å². The molecule has 0 fully saturated rings. The van der Waals surface area contributed by atoms with E-state index in [1.807, 2.05) is 60.2 Å². The minimum Gasteiger partial charge on any atom is -0.354 e. The lowest BCUT2D eigenvalue weighted by Gasteiger charge is -2.13. The summed E-state index contributed by atoms with van der Waals surface area (Å²) in [5.41, 5.74) is 6.99. The maximum atomic E-state index is 4.77. The number of benzene rings is 3. The van der Waals surface area contributed by atoms with Crippen molar-refractivity contribution in [2.24, 2.45) is 0 Å². The van der Waals surface area contributed by atoms with Crippen LogP contribution >= 0.6 is 11.3 Å². The number of hydrogen-bond acceptors (Lipinski definition) is 5. The monoisotopic (exact) mass is 419 g/mol. The van der Waals surface area contributed by atoms with Crippen molar-refractivity contribution in [2.45, 2.75) is 0 Å². The SMILES string of the molecule is c1ccc(-c2nc3ccccc3[nH]2)c(Nc2ccnc3cc(-c4nccs4)ccc23)c1. The Labute approximate surface area is 182 Å². The van der Waals surface area contributed by atoms with Crippen LogP contribution in [0.4, 0.5) is 11.4 Å². The zero-order chi connectivity index (χ0) is 20.6. The second-order valence-electron chi connectivity index (χ2n) is 7.20. The molecule has 6 rings (SSSR count). The van der Waals surface area contributed by atoms with Crippen molar-refractivity contribution in [1.82, 2.24) is 19.9 Å².